The van der Waals surface area contributed by atoms with E-state index in [2.05, 4.69) is 20.7 Å². The van der Waals surface area contributed by atoms with Gasteiger partial charge in [-0.2, -0.15) is 10.1 Å². The van der Waals surface area contributed by atoms with Crippen molar-refractivity contribution in [1.82, 2.24) is 14.8 Å². The van der Waals surface area contributed by atoms with Crippen molar-refractivity contribution < 1.29 is 9.59 Å². The van der Waals surface area contributed by atoms with Crippen molar-refractivity contribution in [2.75, 3.05) is 10.6 Å². The lowest BCUT2D eigenvalue weighted by Crippen LogP contribution is -2.35. The van der Waals surface area contributed by atoms with E-state index in [0.29, 0.717) is 11.6 Å². The molecule has 2 aromatic rings. The van der Waals surface area contributed by atoms with Crippen LogP contribution in [0.1, 0.15) is 18.0 Å². The van der Waals surface area contributed by atoms with Gasteiger partial charge < -0.3 is 5.32 Å². The normalized spacial score (nSPS) is 17.2. The minimum atomic E-state index is -0.678. The van der Waals surface area contributed by atoms with Crippen LogP contribution in [0.15, 0.2) is 30.6 Å². The number of carbonyl (C=O) groups excluding carboxylic acids is 2. The SMILES string of the molecule is Cc1ccc(NC(=O)[C@@H]2CC(=O)Nc3ncnn32)cc1. The number of anilines is 2. The maximum Gasteiger partial charge on any atom is 0.249 e. The molecule has 2 amide bonds. The molecule has 2 heterocycles. The summed E-state index contributed by atoms with van der Waals surface area (Å²) >= 11 is 0. The molecule has 20 heavy (non-hydrogen) atoms. The third-order valence-electron chi connectivity index (χ3n) is 3.12. The van der Waals surface area contributed by atoms with E-state index in [0.717, 1.165) is 5.56 Å². The Morgan fingerprint density at radius 3 is 2.90 bits per heavy atom. The van der Waals surface area contributed by atoms with Crippen molar-refractivity contribution >= 4 is 23.5 Å². The summed E-state index contributed by atoms with van der Waals surface area (Å²) in [6.45, 7) is 1.97. The van der Waals surface area contributed by atoms with Gasteiger partial charge in [0.25, 0.3) is 0 Å². The van der Waals surface area contributed by atoms with Crippen LogP contribution in [0, 0.1) is 6.92 Å². The van der Waals surface area contributed by atoms with Crippen LogP contribution in [0.3, 0.4) is 0 Å². The molecule has 0 aliphatic carbocycles. The summed E-state index contributed by atoms with van der Waals surface area (Å²) in [5, 5.41) is 9.33. The molecule has 1 atom stereocenters. The molecule has 0 fully saturated rings. The predicted octanol–water partition coefficient (Wildman–Crippen LogP) is 1.11. The first kappa shape index (κ1) is 12.3. The zero-order valence-electron chi connectivity index (χ0n) is 10.8. The number of nitrogens with zero attached hydrogens (tertiary/aromatic N) is 3. The number of hydrogen-bond donors (Lipinski definition) is 2. The van der Waals surface area contributed by atoms with Crippen LogP contribution in [-0.2, 0) is 9.59 Å². The van der Waals surface area contributed by atoms with E-state index in [1.54, 1.807) is 0 Å². The monoisotopic (exact) mass is 271 g/mol. The van der Waals surface area contributed by atoms with Gasteiger partial charge in [-0.3, -0.25) is 14.9 Å². The second-order valence-electron chi connectivity index (χ2n) is 4.65. The molecule has 3 rings (SSSR count). The molecule has 0 radical (unpaired) electrons. The lowest BCUT2D eigenvalue weighted by atomic mass is 10.1. The van der Waals surface area contributed by atoms with Crippen molar-refractivity contribution in [3.05, 3.63) is 36.2 Å². The number of fused-ring (bicyclic) bond motifs is 1. The van der Waals surface area contributed by atoms with Crippen LogP contribution >= 0.6 is 0 Å². The summed E-state index contributed by atoms with van der Waals surface area (Å²) in [5.74, 6) is -0.227. The second kappa shape index (κ2) is 4.76. The summed E-state index contributed by atoms with van der Waals surface area (Å²) in [6.07, 6.45) is 1.36. The number of hydrogen-bond acceptors (Lipinski definition) is 4. The highest BCUT2D eigenvalue weighted by atomic mass is 16.2. The van der Waals surface area contributed by atoms with E-state index < -0.39 is 6.04 Å². The van der Waals surface area contributed by atoms with Gasteiger partial charge in [0.1, 0.15) is 12.4 Å². The molecule has 7 nitrogen and oxygen atoms in total. The first-order valence-corrected chi connectivity index (χ1v) is 6.20. The van der Waals surface area contributed by atoms with E-state index in [1.165, 1.54) is 11.0 Å². The Morgan fingerprint density at radius 2 is 2.15 bits per heavy atom. The Hall–Kier alpha value is -2.70. The van der Waals surface area contributed by atoms with Gasteiger partial charge in [-0.15, -0.1) is 0 Å². The average Bonchev–Trinajstić information content (AvgIpc) is 2.88. The minimum Gasteiger partial charge on any atom is -0.324 e. The molecule has 2 N–H and O–H groups in total. The van der Waals surface area contributed by atoms with E-state index in [-0.39, 0.29) is 18.2 Å². The largest absolute Gasteiger partial charge is 0.324 e. The van der Waals surface area contributed by atoms with Crippen molar-refractivity contribution in [3.8, 4) is 0 Å². The quantitative estimate of drug-likeness (QED) is 0.856. The molecule has 1 aromatic carbocycles. The van der Waals surface area contributed by atoms with Crippen molar-refractivity contribution in [2.45, 2.75) is 19.4 Å². The number of aromatic nitrogens is 3. The zero-order valence-corrected chi connectivity index (χ0v) is 10.8. The van der Waals surface area contributed by atoms with Crippen LogP contribution in [0.5, 0.6) is 0 Å². The molecule has 102 valence electrons. The maximum absolute atomic E-state index is 12.3. The Morgan fingerprint density at radius 1 is 1.40 bits per heavy atom. The average molecular weight is 271 g/mol. The molecule has 0 spiro atoms. The molecular formula is C13H13N5O2. The lowest BCUT2D eigenvalue weighted by Gasteiger charge is -2.22. The fraction of sp³-hybridized carbons (Fsp3) is 0.231. The predicted molar refractivity (Wildman–Crippen MR) is 72.1 cm³/mol. The minimum absolute atomic E-state index is 0.0497. The topological polar surface area (TPSA) is 88.9 Å². The molecule has 0 saturated carbocycles. The standard InChI is InChI=1S/C13H13N5O2/c1-8-2-4-9(5-3-8)16-12(20)10-6-11(19)17-13-14-7-15-18(10)13/h2-5,7,10H,6H2,1H3,(H,16,20)(H,14,15,17,19)/t10-/m0/s1. The van der Waals surface area contributed by atoms with Crippen molar-refractivity contribution in [3.63, 3.8) is 0 Å². The number of carbonyl (C=O) groups is 2. The lowest BCUT2D eigenvalue weighted by molar-refractivity contribution is -0.125. The molecule has 1 aliphatic heterocycles. The van der Waals surface area contributed by atoms with Crippen LogP contribution in [0.2, 0.25) is 0 Å². The van der Waals surface area contributed by atoms with Crippen LogP contribution in [-0.4, -0.2) is 26.6 Å². The van der Waals surface area contributed by atoms with Crippen molar-refractivity contribution in [1.29, 1.82) is 0 Å². The zero-order chi connectivity index (χ0) is 14.1. The van der Waals surface area contributed by atoms with Gasteiger partial charge in [-0.05, 0) is 19.1 Å². The highest BCUT2D eigenvalue weighted by Crippen LogP contribution is 2.23. The summed E-state index contributed by atoms with van der Waals surface area (Å²) in [4.78, 5) is 27.7. The van der Waals surface area contributed by atoms with Crippen LogP contribution < -0.4 is 10.6 Å². The number of nitrogens with one attached hydrogen (secondary N) is 2. The Bertz CT molecular complexity index is 662. The van der Waals surface area contributed by atoms with Gasteiger partial charge in [0.05, 0.1) is 6.42 Å². The molecule has 0 bridgehead atoms. The highest BCUT2D eigenvalue weighted by Gasteiger charge is 2.31. The Kier molecular flexibility index (Phi) is 2.94. The van der Waals surface area contributed by atoms with Gasteiger partial charge in [-0.1, -0.05) is 17.7 Å². The number of benzene rings is 1. The summed E-state index contributed by atoms with van der Waals surface area (Å²) < 4.78 is 1.42. The Labute approximate surface area is 115 Å². The summed E-state index contributed by atoms with van der Waals surface area (Å²) in [6, 6.07) is 6.77. The third kappa shape index (κ3) is 2.25. The van der Waals surface area contributed by atoms with Gasteiger partial charge in [-0.25, -0.2) is 4.68 Å². The number of aryl methyl sites for hydroxylation is 1. The number of rotatable bonds is 2. The van der Waals surface area contributed by atoms with Gasteiger partial charge in [0.15, 0.2) is 0 Å². The third-order valence-corrected chi connectivity index (χ3v) is 3.12. The fourth-order valence-corrected chi connectivity index (χ4v) is 2.07. The van der Waals surface area contributed by atoms with E-state index in [9.17, 15) is 9.59 Å². The van der Waals surface area contributed by atoms with Gasteiger partial charge in [0, 0.05) is 5.69 Å². The Balaban J connectivity index is 1.81. The first-order valence-electron chi connectivity index (χ1n) is 6.20. The highest BCUT2D eigenvalue weighted by molar-refractivity contribution is 6.00. The summed E-state index contributed by atoms with van der Waals surface area (Å²) in [5.41, 5.74) is 1.80. The van der Waals surface area contributed by atoms with Gasteiger partial charge in [0.2, 0.25) is 17.8 Å². The van der Waals surface area contributed by atoms with E-state index in [4.69, 9.17) is 0 Å². The van der Waals surface area contributed by atoms with Crippen molar-refractivity contribution in [2.24, 2.45) is 0 Å². The van der Waals surface area contributed by atoms with Crippen LogP contribution in [0.25, 0.3) is 0 Å². The summed E-state index contributed by atoms with van der Waals surface area (Å²) in [7, 11) is 0. The molecular weight excluding hydrogens is 258 g/mol. The molecule has 0 saturated heterocycles. The molecule has 0 unspecified atom stereocenters. The smallest absolute Gasteiger partial charge is 0.249 e. The fourth-order valence-electron chi connectivity index (χ4n) is 2.07. The second-order valence-corrected chi connectivity index (χ2v) is 4.65. The maximum atomic E-state index is 12.3. The molecule has 1 aliphatic rings. The molecule has 7 heteroatoms. The molecule has 1 aromatic heterocycles. The van der Waals surface area contributed by atoms with E-state index in [1.807, 2.05) is 31.2 Å². The first-order chi connectivity index (χ1) is 9.63. The van der Waals surface area contributed by atoms with Crippen LogP contribution in [0.4, 0.5) is 11.6 Å². The van der Waals surface area contributed by atoms with Gasteiger partial charge >= 0.3 is 0 Å². The van der Waals surface area contributed by atoms with E-state index >= 15 is 0 Å². The number of amides is 2.